The van der Waals surface area contributed by atoms with Crippen LogP contribution in [-0.4, -0.2) is 42.9 Å². The largest absolute Gasteiger partial charge is 0.507 e. The van der Waals surface area contributed by atoms with Gasteiger partial charge in [0.1, 0.15) is 11.5 Å². The van der Waals surface area contributed by atoms with Gasteiger partial charge in [0.05, 0.1) is 17.7 Å². The van der Waals surface area contributed by atoms with Crippen LogP contribution in [0.5, 0.6) is 5.75 Å². The molecule has 0 spiro atoms. The van der Waals surface area contributed by atoms with Gasteiger partial charge >= 0.3 is 0 Å². The van der Waals surface area contributed by atoms with E-state index in [9.17, 15) is 19.5 Å². The zero-order chi connectivity index (χ0) is 27.6. The molecule has 0 saturated carbocycles. The molecule has 196 valence electrons. The van der Waals surface area contributed by atoms with E-state index < -0.39 is 17.7 Å². The van der Waals surface area contributed by atoms with Crippen molar-refractivity contribution in [3.63, 3.8) is 0 Å². The van der Waals surface area contributed by atoms with Crippen molar-refractivity contribution in [1.82, 2.24) is 0 Å². The molecule has 2 amide bonds. The zero-order valence-electron chi connectivity index (χ0n) is 22.1. The molecule has 1 aliphatic rings. The van der Waals surface area contributed by atoms with E-state index >= 15 is 0 Å². The molecule has 1 saturated heterocycles. The monoisotopic (exact) mass is 513 g/mol. The number of aliphatic hydroxyl groups is 1. The Balaban J connectivity index is 1.83. The van der Waals surface area contributed by atoms with Crippen LogP contribution in [-0.2, 0) is 14.4 Å². The van der Waals surface area contributed by atoms with Crippen molar-refractivity contribution in [1.29, 1.82) is 0 Å². The van der Waals surface area contributed by atoms with Crippen molar-refractivity contribution in [3.8, 4) is 5.75 Å². The molecule has 3 aromatic rings. The van der Waals surface area contributed by atoms with Crippen LogP contribution in [0.2, 0.25) is 0 Å². The maximum Gasteiger partial charge on any atom is 0.300 e. The summed E-state index contributed by atoms with van der Waals surface area (Å²) in [5.41, 5.74) is 3.04. The Kier molecular flexibility index (Phi) is 7.52. The summed E-state index contributed by atoms with van der Waals surface area (Å²) in [6, 6.07) is 20.0. The molecule has 0 aromatic heterocycles. The average molecular weight is 514 g/mol. The molecule has 3 aromatic carbocycles. The van der Waals surface area contributed by atoms with Crippen LogP contribution >= 0.6 is 0 Å². The summed E-state index contributed by atoms with van der Waals surface area (Å²) in [5, 5.41) is 14.0. The Bertz CT molecular complexity index is 1370. The minimum Gasteiger partial charge on any atom is -0.507 e. The Morgan fingerprint density at radius 3 is 2.08 bits per heavy atom. The quantitative estimate of drug-likeness (QED) is 0.258. The van der Waals surface area contributed by atoms with Gasteiger partial charge in [0.25, 0.3) is 11.7 Å². The first-order valence-electron chi connectivity index (χ1n) is 12.3. The highest BCUT2D eigenvalue weighted by Crippen LogP contribution is 2.42. The van der Waals surface area contributed by atoms with Crippen molar-refractivity contribution in [2.75, 3.05) is 29.2 Å². The summed E-state index contributed by atoms with van der Waals surface area (Å²) >= 11 is 0. The molecule has 0 bridgehead atoms. The predicted octanol–water partition coefficient (Wildman–Crippen LogP) is 5.12. The lowest BCUT2D eigenvalue weighted by Gasteiger charge is -2.26. The van der Waals surface area contributed by atoms with Crippen molar-refractivity contribution < 1.29 is 24.2 Å². The molecule has 38 heavy (non-hydrogen) atoms. The Morgan fingerprint density at radius 2 is 1.55 bits per heavy atom. The Hall–Kier alpha value is -4.59. The third kappa shape index (κ3) is 5.39. The van der Waals surface area contributed by atoms with E-state index in [-0.39, 0.29) is 23.3 Å². The molecule has 1 atom stereocenters. The smallest absolute Gasteiger partial charge is 0.300 e. The highest BCUT2D eigenvalue weighted by molar-refractivity contribution is 6.51. The number of rotatable bonds is 7. The topological polar surface area (TPSA) is 99.2 Å². The summed E-state index contributed by atoms with van der Waals surface area (Å²) in [4.78, 5) is 41.5. The summed E-state index contributed by atoms with van der Waals surface area (Å²) in [6.07, 6.45) is -0.0121. The molecule has 1 aliphatic heterocycles. The second-order valence-corrected chi connectivity index (χ2v) is 9.57. The molecule has 2 N–H and O–H groups in total. The minimum absolute atomic E-state index is 0.00364. The van der Waals surface area contributed by atoms with E-state index in [0.29, 0.717) is 28.3 Å². The van der Waals surface area contributed by atoms with Crippen LogP contribution < -0.4 is 19.9 Å². The minimum atomic E-state index is -0.857. The van der Waals surface area contributed by atoms with Crippen molar-refractivity contribution in [3.05, 3.63) is 89.5 Å². The maximum absolute atomic E-state index is 13.4. The SMILES string of the molecule is CC(=O)Nc1ccc(N2C(=O)C(=O)/C(=C(\O)c3ccc(OC(C)C)cc3)C2c2ccc(N(C)C)cc2)cc1. The maximum atomic E-state index is 13.4. The van der Waals surface area contributed by atoms with Gasteiger partial charge in [-0.15, -0.1) is 0 Å². The molecular formula is C30H31N3O5. The number of hydrogen-bond acceptors (Lipinski definition) is 6. The van der Waals surface area contributed by atoms with E-state index in [1.807, 2.05) is 57.1 Å². The second-order valence-electron chi connectivity index (χ2n) is 9.57. The van der Waals surface area contributed by atoms with Crippen molar-refractivity contribution >= 4 is 40.4 Å². The van der Waals surface area contributed by atoms with Gasteiger partial charge in [-0.1, -0.05) is 12.1 Å². The molecule has 1 unspecified atom stereocenters. The summed E-state index contributed by atoms with van der Waals surface area (Å²) in [6.45, 7) is 5.24. The highest BCUT2D eigenvalue weighted by atomic mass is 16.5. The number of nitrogens with zero attached hydrogens (tertiary/aromatic N) is 2. The first-order valence-corrected chi connectivity index (χ1v) is 12.3. The standard InChI is InChI=1S/C30H31N3O5/c1-18(2)38-25-16-8-21(9-17-25)28(35)26-27(20-6-12-23(13-7-20)32(4)5)33(30(37)29(26)36)24-14-10-22(11-15-24)31-19(3)34/h6-18,27,35H,1-5H3,(H,31,34)/b28-26-. The van der Waals surface area contributed by atoms with Crippen LogP contribution in [0.1, 0.15) is 37.9 Å². The van der Waals surface area contributed by atoms with Crippen LogP contribution in [0.4, 0.5) is 17.1 Å². The number of ether oxygens (including phenoxy) is 1. The van der Waals surface area contributed by atoms with Gasteiger partial charge in [0.15, 0.2) is 0 Å². The van der Waals surface area contributed by atoms with Gasteiger partial charge in [-0.05, 0) is 80.1 Å². The summed E-state index contributed by atoms with van der Waals surface area (Å²) < 4.78 is 5.68. The van der Waals surface area contributed by atoms with E-state index in [2.05, 4.69) is 5.32 Å². The normalized spacial score (nSPS) is 16.6. The van der Waals surface area contributed by atoms with Crippen LogP contribution in [0.25, 0.3) is 5.76 Å². The number of Topliss-reactive ketones (excluding diaryl/α,β-unsaturated/α-hetero) is 1. The molecule has 0 aliphatic carbocycles. The van der Waals surface area contributed by atoms with Gasteiger partial charge in [0, 0.05) is 43.6 Å². The fourth-order valence-electron chi connectivity index (χ4n) is 4.40. The molecule has 0 radical (unpaired) electrons. The number of amides is 2. The van der Waals surface area contributed by atoms with E-state index in [4.69, 9.17) is 4.74 Å². The number of carbonyl (C=O) groups excluding carboxylic acids is 3. The molecule has 8 nitrogen and oxygen atoms in total. The summed E-state index contributed by atoms with van der Waals surface area (Å²) in [7, 11) is 3.84. The molecule has 4 rings (SSSR count). The number of anilines is 3. The second kappa shape index (κ2) is 10.8. The first kappa shape index (κ1) is 26.5. The number of carbonyl (C=O) groups is 3. The van der Waals surface area contributed by atoms with E-state index in [1.165, 1.54) is 11.8 Å². The molecular weight excluding hydrogens is 482 g/mol. The Labute approximate surface area is 222 Å². The molecule has 1 fully saturated rings. The predicted molar refractivity (Wildman–Crippen MR) is 149 cm³/mol. The highest BCUT2D eigenvalue weighted by Gasteiger charge is 2.47. The van der Waals surface area contributed by atoms with Crippen LogP contribution in [0.3, 0.4) is 0 Å². The number of benzene rings is 3. The van der Waals surface area contributed by atoms with Gasteiger partial charge in [0.2, 0.25) is 5.91 Å². The lowest BCUT2D eigenvalue weighted by atomic mass is 9.95. The van der Waals surface area contributed by atoms with E-state index in [0.717, 1.165) is 5.69 Å². The average Bonchev–Trinajstić information content (AvgIpc) is 3.14. The lowest BCUT2D eigenvalue weighted by molar-refractivity contribution is -0.132. The van der Waals surface area contributed by atoms with Gasteiger partial charge in [-0.25, -0.2) is 0 Å². The summed E-state index contributed by atoms with van der Waals surface area (Å²) in [5.74, 6) is -1.38. The lowest BCUT2D eigenvalue weighted by Crippen LogP contribution is -2.29. The number of ketones is 1. The Morgan fingerprint density at radius 1 is 0.947 bits per heavy atom. The van der Waals surface area contributed by atoms with Crippen molar-refractivity contribution in [2.24, 2.45) is 0 Å². The van der Waals surface area contributed by atoms with Gasteiger partial charge in [-0.2, -0.15) is 0 Å². The number of hydrogen-bond donors (Lipinski definition) is 2. The fraction of sp³-hybridized carbons (Fsp3) is 0.233. The zero-order valence-corrected chi connectivity index (χ0v) is 22.1. The first-order chi connectivity index (χ1) is 18.1. The third-order valence-corrected chi connectivity index (χ3v) is 6.14. The fourth-order valence-corrected chi connectivity index (χ4v) is 4.40. The van der Waals surface area contributed by atoms with Gasteiger partial charge in [-0.3, -0.25) is 19.3 Å². The number of nitrogens with one attached hydrogen (secondary N) is 1. The van der Waals surface area contributed by atoms with Crippen LogP contribution in [0.15, 0.2) is 78.4 Å². The van der Waals surface area contributed by atoms with Gasteiger partial charge < -0.3 is 20.1 Å². The van der Waals surface area contributed by atoms with E-state index in [1.54, 1.807) is 48.5 Å². The third-order valence-electron chi connectivity index (χ3n) is 6.14. The molecule has 8 heteroatoms. The van der Waals surface area contributed by atoms with Crippen LogP contribution in [0, 0.1) is 0 Å². The number of aliphatic hydroxyl groups excluding tert-OH is 1. The molecule has 1 heterocycles. The van der Waals surface area contributed by atoms with Crippen molar-refractivity contribution in [2.45, 2.75) is 32.9 Å².